The summed E-state index contributed by atoms with van der Waals surface area (Å²) in [5.41, 5.74) is 1.15. The van der Waals surface area contributed by atoms with E-state index in [0.29, 0.717) is 33.8 Å². The molecule has 1 aromatic heterocycles. The van der Waals surface area contributed by atoms with Crippen LogP contribution in [0.15, 0.2) is 47.3 Å². The van der Waals surface area contributed by atoms with Crippen LogP contribution in [0.25, 0.3) is 22.3 Å². The minimum Gasteiger partial charge on any atom is -0.493 e. The number of aromatic nitrogens is 2. The summed E-state index contributed by atoms with van der Waals surface area (Å²) in [7, 11) is 1.55. The Bertz CT molecular complexity index is 954. The molecule has 0 radical (unpaired) electrons. The maximum atomic E-state index is 12.2. The normalized spacial score (nSPS) is 10.3. The van der Waals surface area contributed by atoms with E-state index in [4.69, 9.17) is 15.9 Å². The van der Waals surface area contributed by atoms with Crippen molar-refractivity contribution < 1.29 is 9.47 Å². The number of para-hydroxylation sites is 1. The van der Waals surface area contributed by atoms with Gasteiger partial charge in [0, 0.05) is 5.56 Å². The first kappa shape index (κ1) is 14.7. The number of benzene rings is 2. The topological polar surface area (TPSA) is 64.2 Å². The molecule has 0 aliphatic rings. The molecule has 0 spiro atoms. The van der Waals surface area contributed by atoms with Crippen LogP contribution < -0.4 is 15.0 Å². The molecule has 1 N–H and O–H groups in total. The van der Waals surface area contributed by atoms with Crippen LogP contribution >= 0.6 is 0 Å². The quantitative estimate of drug-likeness (QED) is 0.753. The van der Waals surface area contributed by atoms with Crippen LogP contribution in [0.1, 0.15) is 0 Å². The molecule has 23 heavy (non-hydrogen) atoms. The fourth-order valence-corrected chi connectivity index (χ4v) is 2.28. The third kappa shape index (κ3) is 2.87. The second-order valence-electron chi connectivity index (χ2n) is 4.79. The molecular weight excluding hydrogens is 292 g/mol. The third-order valence-corrected chi connectivity index (χ3v) is 3.36. The van der Waals surface area contributed by atoms with Crippen molar-refractivity contribution >= 4 is 10.9 Å². The van der Waals surface area contributed by atoms with Crippen molar-refractivity contribution in [2.45, 2.75) is 0 Å². The molecule has 1 heterocycles. The van der Waals surface area contributed by atoms with E-state index in [0.717, 1.165) is 0 Å². The number of rotatable bonds is 4. The first-order valence-corrected chi connectivity index (χ1v) is 6.96. The van der Waals surface area contributed by atoms with Gasteiger partial charge in [0.25, 0.3) is 5.56 Å². The van der Waals surface area contributed by atoms with E-state index in [-0.39, 0.29) is 12.2 Å². The van der Waals surface area contributed by atoms with Crippen LogP contribution in [0.5, 0.6) is 11.5 Å². The Labute approximate surface area is 132 Å². The Morgan fingerprint density at radius 1 is 1.22 bits per heavy atom. The highest BCUT2D eigenvalue weighted by Crippen LogP contribution is 2.31. The summed E-state index contributed by atoms with van der Waals surface area (Å²) in [6.07, 6.45) is 5.22. The van der Waals surface area contributed by atoms with Crippen LogP contribution in [0.2, 0.25) is 0 Å². The van der Waals surface area contributed by atoms with E-state index in [1.165, 1.54) is 0 Å². The molecule has 0 saturated carbocycles. The summed E-state index contributed by atoms with van der Waals surface area (Å²) in [6, 6.07) is 12.5. The summed E-state index contributed by atoms with van der Waals surface area (Å²) in [5.74, 6) is 3.93. The first-order chi connectivity index (χ1) is 11.2. The van der Waals surface area contributed by atoms with Gasteiger partial charge < -0.3 is 14.5 Å². The molecule has 0 saturated heterocycles. The van der Waals surface area contributed by atoms with E-state index in [1.807, 2.05) is 6.07 Å². The van der Waals surface area contributed by atoms with Crippen LogP contribution in [0.4, 0.5) is 0 Å². The summed E-state index contributed by atoms with van der Waals surface area (Å²) in [5, 5.41) is 0.550. The molecule has 0 atom stereocenters. The zero-order valence-electron chi connectivity index (χ0n) is 12.5. The average molecular weight is 306 g/mol. The Balaban J connectivity index is 2.11. The highest BCUT2D eigenvalue weighted by molar-refractivity contribution is 5.79. The predicted octanol–water partition coefficient (Wildman–Crippen LogP) is 2.61. The summed E-state index contributed by atoms with van der Waals surface area (Å²) in [4.78, 5) is 19.4. The van der Waals surface area contributed by atoms with Crippen molar-refractivity contribution in [1.29, 1.82) is 0 Å². The van der Waals surface area contributed by atoms with Gasteiger partial charge in [-0.05, 0) is 30.3 Å². The van der Waals surface area contributed by atoms with E-state index in [1.54, 1.807) is 43.5 Å². The van der Waals surface area contributed by atoms with Gasteiger partial charge in [-0.3, -0.25) is 4.79 Å². The number of methoxy groups -OCH3 is 1. The van der Waals surface area contributed by atoms with Gasteiger partial charge in [-0.1, -0.05) is 18.1 Å². The lowest BCUT2D eigenvalue weighted by molar-refractivity contribution is 0.331. The van der Waals surface area contributed by atoms with Crippen molar-refractivity contribution in [2.75, 3.05) is 13.7 Å². The fourth-order valence-electron chi connectivity index (χ4n) is 2.28. The first-order valence-electron chi connectivity index (χ1n) is 6.96. The standard InChI is InChI=1S/C18H14N2O3/c1-3-10-23-16-11-12(8-9-15(16)22-2)17-19-14-7-5-4-6-13(14)18(21)20-17/h1,4-9,11H,10H2,2H3,(H,19,20,21). The van der Waals surface area contributed by atoms with Gasteiger partial charge in [-0.25, -0.2) is 4.98 Å². The van der Waals surface area contributed by atoms with Gasteiger partial charge in [-0.2, -0.15) is 0 Å². The number of fused-ring (bicyclic) bond motifs is 1. The number of hydrogen-bond donors (Lipinski definition) is 1. The van der Waals surface area contributed by atoms with Crippen molar-refractivity contribution in [2.24, 2.45) is 0 Å². The van der Waals surface area contributed by atoms with Gasteiger partial charge in [0.1, 0.15) is 12.4 Å². The number of nitrogens with one attached hydrogen (secondary N) is 1. The zero-order chi connectivity index (χ0) is 16.2. The molecule has 3 aromatic rings. The van der Waals surface area contributed by atoms with Crippen molar-refractivity contribution in [3.05, 3.63) is 52.8 Å². The Kier molecular flexibility index (Phi) is 3.98. The average Bonchev–Trinajstić information content (AvgIpc) is 2.59. The number of ether oxygens (including phenoxy) is 2. The van der Waals surface area contributed by atoms with Gasteiger partial charge in [0.2, 0.25) is 0 Å². The van der Waals surface area contributed by atoms with E-state index >= 15 is 0 Å². The summed E-state index contributed by atoms with van der Waals surface area (Å²) in [6.45, 7) is 0.126. The predicted molar refractivity (Wildman–Crippen MR) is 88.7 cm³/mol. The van der Waals surface area contributed by atoms with Crippen molar-refractivity contribution in [3.8, 4) is 35.2 Å². The molecule has 0 fully saturated rings. The third-order valence-electron chi connectivity index (χ3n) is 3.36. The Morgan fingerprint density at radius 3 is 2.83 bits per heavy atom. The lowest BCUT2D eigenvalue weighted by Gasteiger charge is -2.10. The lowest BCUT2D eigenvalue weighted by atomic mass is 10.1. The molecule has 3 rings (SSSR count). The molecular formula is C18H14N2O3. The van der Waals surface area contributed by atoms with Crippen molar-refractivity contribution in [1.82, 2.24) is 9.97 Å². The summed E-state index contributed by atoms with van der Waals surface area (Å²) < 4.78 is 10.7. The molecule has 5 heteroatoms. The molecule has 0 amide bonds. The van der Waals surface area contributed by atoms with Gasteiger partial charge in [0.15, 0.2) is 11.5 Å². The molecule has 0 bridgehead atoms. The van der Waals surface area contributed by atoms with Crippen LogP contribution in [-0.4, -0.2) is 23.7 Å². The van der Waals surface area contributed by atoms with E-state index < -0.39 is 0 Å². The Hall–Kier alpha value is -3.26. The molecule has 114 valence electrons. The minimum atomic E-state index is -0.187. The van der Waals surface area contributed by atoms with Crippen LogP contribution in [-0.2, 0) is 0 Å². The lowest BCUT2D eigenvalue weighted by Crippen LogP contribution is -2.09. The number of terminal acetylenes is 1. The van der Waals surface area contributed by atoms with Gasteiger partial charge in [-0.15, -0.1) is 6.42 Å². The largest absolute Gasteiger partial charge is 0.493 e. The van der Waals surface area contributed by atoms with Gasteiger partial charge in [0.05, 0.1) is 18.0 Å². The minimum absolute atomic E-state index is 0.126. The highest BCUT2D eigenvalue weighted by atomic mass is 16.5. The van der Waals surface area contributed by atoms with Crippen LogP contribution in [0, 0.1) is 12.3 Å². The maximum absolute atomic E-state index is 12.2. The van der Waals surface area contributed by atoms with E-state index in [2.05, 4.69) is 15.9 Å². The number of aromatic amines is 1. The monoisotopic (exact) mass is 306 g/mol. The molecule has 0 aliphatic carbocycles. The van der Waals surface area contributed by atoms with Crippen LogP contribution in [0.3, 0.4) is 0 Å². The molecule has 0 unspecified atom stereocenters. The summed E-state index contributed by atoms with van der Waals surface area (Å²) >= 11 is 0. The fraction of sp³-hybridized carbons (Fsp3) is 0.111. The Morgan fingerprint density at radius 2 is 2.04 bits per heavy atom. The smallest absolute Gasteiger partial charge is 0.259 e. The number of H-pyrrole nitrogens is 1. The highest BCUT2D eigenvalue weighted by Gasteiger charge is 2.10. The van der Waals surface area contributed by atoms with E-state index in [9.17, 15) is 4.79 Å². The molecule has 5 nitrogen and oxygen atoms in total. The second kappa shape index (κ2) is 6.24. The molecule has 2 aromatic carbocycles. The van der Waals surface area contributed by atoms with Gasteiger partial charge >= 0.3 is 0 Å². The number of nitrogens with zero attached hydrogens (tertiary/aromatic N) is 1. The maximum Gasteiger partial charge on any atom is 0.259 e. The van der Waals surface area contributed by atoms with Crippen molar-refractivity contribution in [3.63, 3.8) is 0 Å². The number of hydrogen-bond acceptors (Lipinski definition) is 4. The molecule has 0 aliphatic heterocycles. The zero-order valence-corrected chi connectivity index (χ0v) is 12.5. The second-order valence-corrected chi connectivity index (χ2v) is 4.79. The SMILES string of the molecule is C#CCOc1cc(-c2nc3ccccc3c(=O)[nH]2)ccc1OC.